The molecule has 1 heterocycles. The number of carbonyl (C=O) groups excluding carboxylic acids is 2. The monoisotopic (exact) mass is 261 g/mol. The summed E-state index contributed by atoms with van der Waals surface area (Å²) in [6.45, 7) is 5.91. The van der Waals surface area contributed by atoms with E-state index in [-0.39, 0.29) is 17.8 Å². The zero-order valence-electron chi connectivity index (χ0n) is 11.8. The van der Waals surface area contributed by atoms with Crippen LogP contribution in [0.1, 0.15) is 19.4 Å². The van der Waals surface area contributed by atoms with E-state index in [0.29, 0.717) is 6.54 Å². The van der Waals surface area contributed by atoms with Gasteiger partial charge in [0, 0.05) is 12.2 Å². The summed E-state index contributed by atoms with van der Waals surface area (Å²) in [5.74, 6) is -0.730. The average molecular weight is 261 g/mol. The van der Waals surface area contributed by atoms with Gasteiger partial charge in [-0.1, -0.05) is 25.1 Å². The predicted molar refractivity (Wildman–Crippen MR) is 72.8 cm³/mol. The summed E-state index contributed by atoms with van der Waals surface area (Å²) in [7, 11) is 1.36. The number of hydrogen-bond donors (Lipinski definition) is 0. The Kier molecular flexibility index (Phi) is 3.35. The van der Waals surface area contributed by atoms with Gasteiger partial charge in [-0.3, -0.25) is 9.59 Å². The summed E-state index contributed by atoms with van der Waals surface area (Å²) in [5.41, 5.74) is 1.11. The summed E-state index contributed by atoms with van der Waals surface area (Å²) in [5, 5.41) is 0. The van der Waals surface area contributed by atoms with Crippen molar-refractivity contribution in [2.24, 2.45) is 11.3 Å². The molecule has 1 unspecified atom stereocenters. The Morgan fingerprint density at radius 2 is 2.05 bits per heavy atom. The van der Waals surface area contributed by atoms with Gasteiger partial charge in [0.25, 0.3) is 0 Å². The van der Waals surface area contributed by atoms with Gasteiger partial charge in [-0.25, -0.2) is 0 Å². The SMILES string of the molecule is COC(=O)[C@@]1(C)CN(c2ccccc2C)C(=O)C1C. The van der Waals surface area contributed by atoms with Gasteiger partial charge in [0.1, 0.15) is 0 Å². The Balaban J connectivity index is 2.39. The molecular formula is C15H19NO3. The summed E-state index contributed by atoms with van der Waals surface area (Å²) in [6.07, 6.45) is 0. The summed E-state index contributed by atoms with van der Waals surface area (Å²) < 4.78 is 4.85. The molecule has 1 amide bonds. The molecule has 1 aromatic carbocycles. The fourth-order valence-electron chi connectivity index (χ4n) is 2.59. The number of nitrogens with zero attached hydrogens (tertiary/aromatic N) is 1. The highest BCUT2D eigenvalue weighted by Gasteiger charge is 2.52. The van der Waals surface area contributed by atoms with Gasteiger partial charge >= 0.3 is 5.97 Å². The molecule has 4 nitrogen and oxygen atoms in total. The first-order valence-corrected chi connectivity index (χ1v) is 6.37. The molecule has 1 saturated heterocycles. The Morgan fingerprint density at radius 1 is 1.42 bits per heavy atom. The summed E-state index contributed by atoms with van der Waals surface area (Å²) in [6, 6.07) is 7.69. The Bertz CT molecular complexity index is 526. The van der Waals surface area contributed by atoms with Gasteiger partial charge in [-0.05, 0) is 25.5 Å². The second-order valence-corrected chi connectivity index (χ2v) is 5.34. The van der Waals surface area contributed by atoms with Gasteiger partial charge in [0.05, 0.1) is 18.4 Å². The lowest BCUT2D eigenvalue weighted by molar-refractivity contribution is -0.153. The standard InChI is InChI=1S/C15H19NO3/c1-10-7-5-6-8-12(10)16-9-15(3,14(18)19-4)11(2)13(16)17/h5-8,11H,9H2,1-4H3/t11?,15-/m0/s1. The average Bonchev–Trinajstić information content (AvgIpc) is 2.64. The van der Waals surface area contributed by atoms with E-state index < -0.39 is 5.41 Å². The number of hydrogen-bond acceptors (Lipinski definition) is 3. The highest BCUT2D eigenvalue weighted by Crippen LogP contribution is 2.40. The van der Waals surface area contributed by atoms with Crippen LogP contribution in [-0.2, 0) is 14.3 Å². The molecule has 0 spiro atoms. The molecule has 0 bridgehead atoms. The normalized spacial score (nSPS) is 26.6. The maximum Gasteiger partial charge on any atom is 0.314 e. The fraction of sp³-hybridized carbons (Fsp3) is 0.467. The quantitative estimate of drug-likeness (QED) is 0.766. The molecule has 0 N–H and O–H groups in total. The lowest BCUT2D eigenvalue weighted by Gasteiger charge is -2.24. The second kappa shape index (κ2) is 4.68. The van der Waals surface area contributed by atoms with Crippen molar-refractivity contribution in [2.45, 2.75) is 20.8 Å². The minimum Gasteiger partial charge on any atom is -0.469 e. The molecule has 0 aliphatic carbocycles. The molecular weight excluding hydrogens is 242 g/mol. The van der Waals surface area contributed by atoms with Gasteiger partial charge < -0.3 is 9.64 Å². The molecule has 2 rings (SSSR count). The Hall–Kier alpha value is -1.84. The predicted octanol–water partition coefficient (Wildman–Crippen LogP) is 2.16. The zero-order valence-corrected chi connectivity index (χ0v) is 11.8. The van der Waals surface area contributed by atoms with Crippen LogP contribution in [0.3, 0.4) is 0 Å². The number of anilines is 1. The molecule has 1 aliphatic heterocycles. The highest BCUT2D eigenvalue weighted by atomic mass is 16.5. The topological polar surface area (TPSA) is 46.6 Å². The minimum absolute atomic E-state index is 0.0257. The fourth-order valence-corrected chi connectivity index (χ4v) is 2.59. The van der Waals surface area contributed by atoms with Crippen LogP contribution in [0.2, 0.25) is 0 Å². The zero-order chi connectivity index (χ0) is 14.2. The van der Waals surface area contributed by atoms with E-state index in [1.807, 2.05) is 31.2 Å². The van der Waals surface area contributed by atoms with Crippen molar-refractivity contribution in [3.8, 4) is 0 Å². The minimum atomic E-state index is -0.784. The van der Waals surface area contributed by atoms with Crippen molar-refractivity contribution < 1.29 is 14.3 Å². The highest BCUT2D eigenvalue weighted by molar-refractivity contribution is 6.03. The summed E-state index contributed by atoms with van der Waals surface area (Å²) >= 11 is 0. The van der Waals surface area contributed by atoms with Crippen molar-refractivity contribution in [1.82, 2.24) is 0 Å². The van der Waals surface area contributed by atoms with Crippen molar-refractivity contribution in [2.75, 3.05) is 18.6 Å². The van der Waals surface area contributed by atoms with Crippen LogP contribution >= 0.6 is 0 Å². The molecule has 4 heteroatoms. The first-order chi connectivity index (χ1) is 8.91. The van der Waals surface area contributed by atoms with Gasteiger partial charge in [-0.15, -0.1) is 0 Å². The third-order valence-electron chi connectivity index (χ3n) is 4.14. The van der Waals surface area contributed by atoms with Crippen LogP contribution in [0, 0.1) is 18.3 Å². The van der Waals surface area contributed by atoms with Crippen molar-refractivity contribution in [1.29, 1.82) is 0 Å². The number of carbonyl (C=O) groups is 2. The number of methoxy groups -OCH3 is 1. The molecule has 0 aromatic heterocycles. The van der Waals surface area contributed by atoms with E-state index in [1.165, 1.54) is 7.11 Å². The molecule has 1 fully saturated rings. The van der Waals surface area contributed by atoms with E-state index in [9.17, 15) is 9.59 Å². The third kappa shape index (κ3) is 2.01. The number of benzene rings is 1. The number of ether oxygens (including phenoxy) is 1. The molecule has 0 saturated carbocycles. The van der Waals surface area contributed by atoms with Crippen LogP contribution in [0.4, 0.5) is 5.69 Å². The van der Waals surface area contributed by atoms with Crippen LogP contribution in [0.25, 0.3) is 0 Å². The van der Waals surface area contributed by atoms with Gasteiger partial charge in [-0.2, -0.15) is 0 Å². The molecule has 19 heavy (non-hydrogen) atoms. The number of amides is 1. The van der Waals surface area contributed by atoms with Crippen molar-refractivity contribution in [3.63, 3.8) is 0 Å². The van der Waals surface area contributed by atoms with E-state index in [4.69, 9.17) is 4.74 Å². The van der Waals surface area contributed by atoms with Crippen LogP contribution in [0.15, 0.2) is 24.3 Å². The van der Waals surface area contributed by atoms with Crippen LogP contribution in [-0.4, -0.2) is 25.5 Å². The van der Waals surface area contributed by atoms with E-state index in [1.54, 1.807) is 18.7 Å². The van der Waals surface area contributed by atoms with Gasteiger partial charge in [0.2, 0.25) is 5.91 Å². The largest absolute Gasteiger partial charge is 0.469 e. The lowest BCUT2D eigenvalue weighted by atomic mass is 9.81. The number of para-hydroxylation sites is 1. The first kappa shape index (κ1) is 13.6. The van der Waals surface area contributed by atoms with E-state index >= 15 is 0 Å². The van der Waals surface area contributed by atoms with Crippen LogP contribution < -0.4 is 4.90 Å². The first-order valence-electron chi connectivity index (χ1n) is 6.37. The Labute approximate surface area is 113 Å². The third-order valence-corrected chi connectivity index (χ3v) is 4.14. The molecule has 2 atom stereocenters. The molecule has 1 aromatic rings. The van der Waals surface area contributed by atoms with E-state index in [0.717, 1.165) is 11.3 Å². The van der Waals surface area contributed by atoms with Crippen molar-refractivity contribution in [3.05, 3.63) is 29.8 Å². The second-order valence-electron chi connectivity index (χ2n) is 5.34. The van der Waals surface area contributed by atoms with E-state index in [2.05, 4.69) is 0 Å². The molecule has 0 radical (unpaired) electrons. The van der Waals surface area contributed by atoms with Crippen LogP contribution in [0.5, 0.6) is 0 Å². The molecule has 1 aliphatic rings. The van der Waals surface area contributed by atoms with Crippen molar-refractivity contribution >= 4 is 17.6 Å². The number of aryl methyl sites for hydroxylation is 1. The lowest BCUT2D eigenvalue weighted by Crippen LogP contribution is -2.36. The number of rotatable bonds is 2. The smallest absolute Gasteiger partial charge is 0.314 e. The summed E-state index contributed by atoms with van der Waals surface area (Å²) in [4.78, 5) is 26.1. The van der Waals surface area contributed by atoms with Gasteiger partial charge in [0.15, 0.2) is 0 Å². The maximum absolute atomic E-state index is 12.4. The Morgan fingerprint density at radius 3 is 2.63 bits per heavy atom. The maximum atomic E-state index is 12.4. The number of esters is 1. The molecule has 102 valence electrons.